The molecule has 7 heteroatoms. The van der Waals surface area contributed by atoms with E-state index >= 15 is 0 Å². The van der Waals surface area contributed by atoms with Gasteiger partial charge in [0.05, 0.1) is 5.75 Å². The van der Waals surface area contributed by atoms with Gasteiger partial charge in [-0.1, -0.05) is 67.2 Å². The van der Waals surface area contributed by atoms with Gasteiger partial charge in [0.2, 0.25) is 5.91 Å². The van der Waals surface area contributed by atoms with Gasteiger partial charge in [-0.25, -0.2) is 0 Å². The number of amides is 1. The SMILES string of the molecule is CCCC(=O)Nc1ccc(C(=O)CSc2nnc(Cc3ccccc3)n2-c2ccccc2)cc1. The van der Waals surface area contributed by atoms with Gasteiger partial charge in [0, 0.05) is 29.8 Å². The molecule has 3 aromatic carbocycles. The normalized spacial score (nSPS) is 10.7. The van der Waals surface area contributed by atoms with Crippen LogP contribution in [0.4, 0.5) is 5.69 Å². The molecule has 34 heavy (non-hydrogen) atoms. The minimum absolute atomic E-state index is 0.0105. The van der Waals surface area contributed by atoms with E-state index in [1.807, 2.05) is 60.0 Å². The summed E-state index contributed by atoms with van der Waals surface area (Å²) < 4.78 is 2.01. The smallest absolute Gasteiger partial charge is 0.224 e. The van der Waals surface area contributed by atoms with Crippen molar-refractivity contribution in [3.05, 3.63) is 102 Å². The van der Waals surface area contributed by atoms with Gasteiger partial charge in [0.1, 0.15) is 5.82 Å². The first-order chi connectivity index (χ1) is 16.6. The van der Waals surface area contributed by atoms with E-state index in [2.05, 4.69) is 27.6 Å². The maximum Gasteiger partial charge on any atom is 0.224 e. The molecule has 1 aromatic heterocycles. The molecule has 0 aliphatic carbocycles. The fraction of sp³-hybridized carbons (Fsp3) is 0.185. The monoisotopic (exact) mass is 470 g/mol. The Morgan fingerprint density at radius 3 is 2.24 bits per heavy atom. The molecule has 172 valence electrons. The first-order valence-electron chi connectivity index (χ1n) is 11.2. The second-order valence-electron chi connectivity index (χ2n) is 7.82. The number of nitrogens with one attached hydrogen (secondary N) is 1. The second kappa shape index (κ2) is 11.4. The summed E-state index contributed by atoms with van der Waals surface area (Å²) in [5, 5.41) is 12.3. The number of aromatic nitrogens is 3. The van der Waals surface area contributed by atoms with E-state index in [1.54, 1.807) is 24.3 Å². The zero-order valence-corrected chi connectivity index (χ0v) is 19.8. The highest BCUT2D eigenvalue weighted by molar-refractivity contribution is 7.99. The summed E-state index contributed by atoms with van der Waals surface area (Å²) in [6.45, 7) is 1.96. The van der Waals surface area contributed by atoms with Crippen molar-refractivity contribution in [2.75, 3.05) is 11.1 Å². The fourth-order valence-electron chi connectivity index (χ4n) is 3.53. The Morgan fingerprint density at radius 1 is 0.882 bits per heavy atom. The van der Waals surface area contributed by atoms with Gasteiger partial charge in [-0.2, -0.15) is 0 Å². The molecule has 0 spiro atoms. The van der Waals surface area contributed by atoms with E-state index in [-0.39, 0.29) is 17.4 Å². The molecule has 0 fully saturated rings. The van der Waals surface area contributed by atoms with Gasteiger partial charge in [-0.15, -0.1) is 10.2 Å². The predicted molar refractivity (Wildman–Crippen MR) is 136 cm³/mol. The summed E-state index contributed by atoms with van der Waals surface area (Å²) >= 11 is 1.37. The van der Waals surface area contributed by atoms with Crippen molar-refractivity contribution in [2.24, 2.45) is 0 Å². The van der Waals surface area contributed by atoms with Crippen molar-refractivity contribution in [3.63, 3.8) is 0 Å². The Hall–Kier alpha value is -3.71. The third kappa shape index (κ3) is 5.99. The number of ketones is 1. The van der Waals surface area contributed by atoms with E-state index in [0.717, 1.165) is 23.5 Å². The molecule has 0 radical (unpaired) electrons. The number of rotatable bonds is 10. The molecule has 4 aromatic rings. The maximum atomic E-state index is 12.8. The number of carbonyl (C=O) groups excluding carboxylic acids is 2. The average molecular weight is 471 g/mol. The zero-order valence-electron chi connectivity index (χ0n) is 19.0. The summed E-state index contributed by atoms with van der Waals surface area (Å²) in [5.41, 5.74) is 3.39. The van der Waals surface area contributed by atoms with Crippen molar-refractivity contribution in [1.82, 2.24) is 14.8 Å². The predicted octanol–water partition coefficient (Wildman–Crippen LogP) is 5.57. The van der Waals surface area contributed by atoms with Crippen molar-refractivity contribution < 1.29 is 9.59 Å². The number of benzene rings is 3. The summed E-state index contributed by atoms with van der Waals surface area (Å²) in [5.74, 6) is 1.02. The molecule has 1 heterocycles. The van der Waals surface area contributed by atoms with Crippen LogP contribution < -0.4 is 5.32 Å². The molecule has 0 aliphatic rings. The number of hydrogen-bond acceptors (Lipinski definition) is 5. The number of nitrogens with zero attached hydrogens (tertiary/aromatic N) is 3. The minimum Gasteiger partial charge on any atom is -0.326 e. The van der Waals surface area contributed by atoms with Crippen LogP contribution in [0.5, 0.6) is 0 Å². The average Bonchev–Trinajstić information content (AvgIpc) is 3.26. The minimum atomic E-state index is -0.0244. The van der Waals surface area contributed by atoms with Gasteiger partial charge in [0.25, 0.3) is 0 Å². The van der Waals surface area contributed by atoms with Gasteiger partial charge < -0.3 is 5.32 Å². The molecule has 4 rings (SSSR count). The second-order valence-corrected chi connectivity index (χ2v) is 8.76. The molecule has 1 N–H and O–H groups in total. The van der Waals surface area contributed by atoms with Crippen LogP contribution in [-0.2, 0) is 11.2 Å². The van der Waals surface area contributed by atoms with Crippen LogP contribution >= 0.6 is 11.8 Å². The third-order valence-corrected chi connectivity index (χ3v) is 6.15. The van der Waals surface area contributed by atoms with Crippen LogP contribution in [0.3, 0.4) is 0 Å². The number of hydrogen-bond donors (Lipinski definition) is 1. The number of thioether (sulfide) groups is 1. The van der Waals surface area contributed by atoms with E-state index in [9.17, 15) is 9.59 Å². The van der Waals surface area contributed by atoms with E-state index in [0.29, 0.717) is 29.2 Å². The maximum absolute atomic E-state index is 12.8. The number of Topliss-reactive ketones (excluding diaryl/α,β-unsaturated/α-hetero) is 1. The Bertz CT molecular complexity index is 1240. The van der Waals surface area contributed by atoms with Crippen molar-refractivity contribution >= 4 is 29.1 Å². The molecular formula is C27H26N4O2S. The highest BCUT2D eigenvalue weighted by Gasteiger charge is 2.17. The number of anilines is 1. The van der Waals surface area contributed by atoms with Crippen LogP contribution in [-0.4, -0.2) is 32.2 Å². The lowest BCUT2D eigenvalue weighted by Gasteiger charge is -2.10. The van der Waals surface area contributed by atoms with Crippen molar-refractivity contribution in [2.45, 2.75) is 31.3 Å². The standard InChI is InChI=1S/C27H26N4O2S/c1-2-9-26(33)28-22-16-14-21(15-17-22)24(32)19-34-27-30-29-25(18-20-10-5-3-6-11-20)31(27)23-12-7-4-8-13-23/h3-8,10-17H,2,9,18-19H2,1H3,(H,28,33). The quantitative estimate of drug-likeness (QED) is 0.242. The van der Waals surface area contributed by atoms with E-state index in [4.69, 9.17) is 0 Å². The lowest BCUT2D eigenvalue weighted by Crippen LogP contribution is -2.11. The van der Waals surface area contributed by atoms with Gasteiger partial charge in [0.15, 0.2) is 10.9 Å². The van der Waals surface area contributed by atoms with E-state index < -0.39 is 0 Å². The van der Waals surface area contributed by atoms with Gasteiger partial charge in [-0.05, 0) is 48.4 Å². The summed E-state index contributed by atoms with van der Waals surface area (Å²) in [6.07, 6.45) is 1.91. The Kier molecular flexibility index (Phi) is 7.88. The topological polar surface area (TPSA) is 76.9 Å². The molecule has 0 atom stereocenters. The summed E-state index contributed by atoms with van der Waals surface area (Å²) in [7, 11) is 0. The Labute approximate surface area is 203 Å². The third-order valence-electron chi connectivity index (χ3n) is 5.22. The highest BCUT2D eigenvalue weighted by atomic mass is 32.2. The summed E-state index contributed by atoms with van der Waals surface area (Å²) in [6, 6.07) is 27.1. The van der Waals surface area contributed by atoms with Crippen LogP contribution in [0.15, 0.2) is 90.1 Å². The van der Waals surface area contributed by atoms with Gasteiger partial charge >= 0.3 is 0 Å². The molecule has 0 bridgehead atoms. The number of para-hydroxylation sites is 1. The molecule has 6 nitrogen and oxygen atoms in total. The van der Waals surface area contributed by atoms with Crippen LogP contribution in [0.25, 0.3) is 5.69 Å². The van der Waals surface area contributed by atoms with Crippen LogP contribution in [0.2, 0.25) is 0 Å². The first-order valence-corrected chi connectivity index (χ1v) is 12.2. The zero-order chi connectivity index (χ0) is 23.8. The number of carbonyl (C=O) groups is 2. The molecular weight excluding hydrogens is 444 g/mol. The highest BCUT2D eigenvalue weighted by Crippen LogP contribution is 2.24. The Morgan fingerprint density at radius 2 is 1.56 bits per heavy atom. The summed E-state index contributed by atoms with van der Waals surface area (Å²) in [4.78, 5) is 24.6. The molecule has 0 saturated heterocycles. The first kappa shape index (κ1) is 23.4. The lowest BCUT2D eigenvalue weighted by atomic mass is 10.1. The molecule has 0 saturated carbocycles. The van der Waals surface area contributed by atoms with Crippen LogP contribution in [0, 0.1) is 0 Å². The largest absolute Gasteiger partial charge is 0.326 e. The van der Waals surface area contributed by atoms with E-state index in [1.165, 1.54) is 11.8 Å². The molecule has 1 amide bonds. The Balaban J connectivity index is 1.48. The molecule has 0 aliphatic heterocycles. The van der Waals surface area contributed by atoms with Gasteiger partial charge in [-0.3, -0.25) is 14.2 Å². The molecule has 0 unspecified atom stereocenters. The van der Waals surface area contributed by atoms with Crippen LogP contribution in [0.1, 0.15) is 41.5 Å². The lowest BCUT2D eigenvalue weighted by molar-refractivity contribution is -0.116. The van der Waals surface area contributed by atoms with Crippen molar-refractivity contribution in [1.29, 1.82) is 0 Å². The van der Waals surface area contributed by atoms with Crippen molar-refractivity contribution in [3.8, 4) is 5.69 Å². The fourth-order valence-corrected chi connectivity index (χ4v) is 4.39.